The Labute approximate surface area is 169 Å². The number of aryl methyl sites for hydroxylation is 1. The van der Waals surface area contributed by atoms with Crippen molar-refractivity contribution in [3.8, 4) is 5.75 Å². The lowest BCUT2D eigenvalue weighted by Gasteiger charge is -2.14. The van der Waals surface area contributed by atoms with Gasteiger partial charge in [0.15, 0.2) is 0 Å². The summed E-state index contributed by atoms with van der Waals surface area (Å²) in [5, 5.41) is 3.79. The van der Waals surface area contributed by atoms with Crippen LogP contribution in [0.15, 0.2) is 48.2 Å². The van der Waals surface area contributed by atoms with Gasteiger partial charge in [0.25, 0.3) is 11.8 Å². The molecule has 5 nitrogen and oxygen atoms in total. The maximum atomic E-state index is 13.0. The third kappa shape index (κ3) is 3.90. The Hall–Kier alpha value is -2.79. The van der Waals surface area contributed by atoms with E-state index in [0.29, 0.717) is 35.7 Å². The Morgan fingerprint density at radius 3 is 2.36 bits per heavy atom. The standard InChI is InChI=1S/C22H23ClN2O3/c1-4-12-25-21(26)19(15-6-9-17(10-7-15)28-5-2)20(22(25)27)24-18-11-8-16(23)13-14(18)3/h6-11,13,24H,4-5,12H2,1-3H3. The Bertz CT molecular complexity index is 935. The number of hydrogen-bond donors (Lipinski definition) is 1. The second-order valence-electron chi connectivity index (χ2n) is 6.55. The van der Waals surface area contributed by atoms with Crippen LogP contribution in [0.3, 0.4) is 0 Å². The molecular weight excluding hydrogens is 376 g/mol. The average molecular weight is 399 g/mol. The number of nitrogens with one attached hydrogen (secondary N) is 1. The van der Waals surface area contributed by atoms with Crippen molar-refractivity contribution in [2.75, 3.05) is 18.5 Å². The van der Waals surface area contributed by atoms with E-state index in [1.54, 1.807) is 36.4 Å². The number of amides is 2. The molecule has 1 aliphatic heterocycles. The Kier molecular flexibility index (Phi) is 6.05. The maximum Gasteiger partial charge on any atom is 0.278 e. The van der Waals surface area contributed by atoms with Gasteiger partial charge in [0.05, 0.1) is 12.2 Å². The van der Waals surface area contributed by atoms with Crippen molar-refractivity contribution in [1.29, 1.82) is 0 Å². The number of carbonyl (C=O) groups is 2. The van der Waals surface area contributed by atoms with Crippen molar-refractivity contribution >= 4 is 34.7 Å². The number of imide groups is 1. The minimum absolute atomic E-state index is 0.285. The molecule has 0 saturated heterocycles. The van der Waals surface area contributed by atoms with E-state index in [2.05, 4.69) is 5.32 Å². The van der Waals surface area contributed by atoms with Gasteiger partial charge >= 0.3 is 0 Å². The number of carbonyl (C=O) groups excluding carboxylic acids is 2. The van der Waals surface area contributed by atoms with E-state index in [1.165, 1.54) is 4.90 Å². The van der Waals surface area contributed by atoms with Crippen LogP contribution in [-0.2, 0) is 9.59 Å². The largest absolute Gasteiger partial charge is 0.494 e. The number of anilines is 1. The van der Waals surface area contributed by atoms with E-state index in [-0.39, 0.29) is 17.5 Å². The topological polar surface area (TPSA) is 58.6 Å². The smallest absolute Gasteiger partial charge is 0.278 e. The van der Waals surface area contributed by atoms with Crippen LogP contribution in [0.1, 0.15) is 31.4 Å². The lowest BCUT2D eigenvalue weighted by molar-refractivity contribution is -0.136. The first kappa shape index (κ1) is 20.0. The summed E-state index contributed by atoms with van der Waals surface area (Å²) in [7, 11) is 0. The van der Waals surface area contributed by atoms with Crippen LogP contribution in [0, 0.1) is 6.92 Å². The first-order valence-electron chi connectivity index (χ1n) is 9.33. The lowest BCUT2D eigenvalue weighted by Crippen LogP contribution is -2.33. The highest BCUT2D eigenvalue weighted by Gasteiger charge is 2.38. The number of ether oxygens (including phenoxy) is 1. The number of halogens is 1. The van der Waals surface area contributed by atoms with Gasteiger partial charge in [-0.05, 0) is 61.7 Å². The minimum Gasteiger partial charge on any atom is -0.494 e. The molecule has 0 spiro atoms. The van der Waals surface area contributed by atoms with Gasteiger partial charge in [-0.2, -0.15) is 0 Å². The summed E-state index contributed by atoms with van der Waals surface area (Å²) in [4.78, 5) is 27.3. The first-order chi connectivity index (χ1) is 13.5. The second-order valence-corrected chi connectivity index (χ2v) is 6.99. The molecule has 146 valence electrons. The molecule has 0 saturated carbocycles. The van der Waals surface area contributed by atoms with Crippen LogP contribution < -0.4 is 10.1 Å². The molecule has 2 amide bonds. The van der Waals surface area contributed by atoms with E-state index >= 15 is 0 Å². The Balaban J connectivity index is 2.05. The molecular formula is C22H23ClN2O3. The van der Waals surface area contributed by atoms with Crippen molar-refractivity contribution in [2.24, 2.45) is 0 Å². The molecule has 2 aromatic carbocycles. The zero-order valence-corrected chi connectivity index (χ0v) is 17.0. The molecule has 0 atom stereocenters. The molecule has 2 aromatic rings. The molecule has 0 radical (unpaired) electrons. The lowest BCUT2D eigenvalue weighted by atomic mass is 10.0. The van der Waals surface area contributed by atoms with Gasteiger partial charge in [-0.1, -0.05) is 30.7 Å². The summed E-state index contributed by atoms with van der Waals surface area (Å²) >= 11 is 6.03. The third-order valence-electron chi connectivity index (χ3n) is 4.52. The van der Waals surface area contributed by atoms with Gasteiger partial charge in [-0.25, -0.2) is 0 Å². The second kappa shape index (κ2) is 8.48. The van der Waals surface area contributed by atoms with Crippen molar-refractivity contribution in [2.45, 2.75) is 27.2 Å². The molecule has 6 heteroatoms. The average Bonchev–Trinajstić information content (AvgIpc) is 2.90. The van der Waals surface area contributed by atoms with Gasteiger partial charge in [0, 0.05) is 17.3 Å². The zero-order chi connectivity index (χ0) is 20.3. The quantitative estimate of drug-likeness (QED) is 0.690. The molecule has 0 fully saturated rings. The molecule has 0 unspecified atom stereocenters. The zero-order valence-electron chi connectivity index (χ0n) is 16.2. The van der Waals surface area contributed by atoms with E-state index in [1.807, 2.05) is 26.8 Å². The summed E-state index contributed by atoms with van der Waals surface area (Å²) in [5.41, 5.74) is 2.96. The summed E-state index contributed by atoms with van der Waals surface area (Å²) in [5.74, 6) is 0.118. The van der Waals surface area contributed by atoms with Crippen LogP contribution in [0.4, 0.5) is 5.69 Å². The predicted octanol–water partition coefficient (Wildman–Crippen LogP) is 4.65. The van der Waals surface area contributed by atoms with E-state index in [0.717, 1.165) is 17.0 Å². The fourth-order valence-electron chi connectivity index (χ4n) is 3.17. The van der Waals surface area contributed by atoms with E-state index in [9.17, 15) is 9.59 Å². The van der Waals surface area contributed by atoms with E-state index < -0.39 is 0 Å². The highest BCUT2D eigenvalue weighted by atomic mass is 35.5. The fourth-order valence-corrected chi connectivity index (χ4v) is 3.40. The number of rotatable bonds is 7. The summed E-state index contributed by atoms with van der Waals surface area (Å²) in [6, 6.07) is 12.6. The van der Waals surface area contributed by atoms with Gasteiger partial charge in [-0.15, -0.1) is 0 Å². The molecule has 3 rings (SSSR count). The molecule has 0 aliphatic carbocycles. The molecule has 0 bridgehead atoms. The van der Waals surface area contributed by atoms with Crippen LogP contribution in [0.2, 0.25) is 5.02 Å². The van der Waals surface area contributed by atoms with Gasteiger partial charge < -0.3 is 10.1 Å². The monoisotopic (exact) mass is 398 g/mol. The highest BCUT2D eigenvalue weighted by molar-refractivity contribution is 6.36. The summed E-state index contributed by atoms with van der Waals surface area (Å²) in [6.45, 7) is 6.69. The van der Waals surface area contributed by atoms with Crippen LogP contribution >= 0.6 is 11.6 Å². The van der Waals surface area contributed by atoms with Gasteiger partial charge in [-0.3, -0.25) is 14.5 Å². The minimum atomic E-state index is -0.315. The van der Waals surface area contributed by atoms with Gasteiger partial charge in [0.2, 0.25) is 0 Å². The molecule has 0 aromatic heterocycles. The van der Waals surface area contributed by atoms with E-state index in [4.69, 9.17) is 16.3 Å². The number of nitrogens with zero attached hydrogens (tertiary/aromatic N) is 1. The molecule has 1 N–H and O–H groups in total. The summed E-state index contributed by atoms with van der Waals surface area (Å²) in [6.07, 6.45) is 0.696. The molecule has 1 aliphatic rings. The van der Waals surface area contributed by atoms with Crippen molar-refractivity contribution in [1.82, 2.24) is 4.90 Å². The molecule has 1 heterocycles. The maximum absolute atomic E-state index is 13.0. The predicted molar refractivity (Wildman–Crippen MR) is 111 cm³/mol. The van der Waals surface area contributed by atoms with Crippen molar-refractivity contribution in [3.05, 3.63) is 64.3 Å². The van der Waals surface area contributed by atoms with Crippen LogP contribution in [-0.4, -0.2) is 29.9 Å². The Morgan fingerprint density at radius 1 is 1.04 bits per heavy atom. The highest BCUT2D eigenvalue weighted by Crippen LogP contribution is 2.32. The third-order valence-corrected chi connectivity index (χ3v) is 4.75. The van der Waals surface area contributed by atoms with Crippen molar-refractivity contribution < 1.29 is 14.3 Å². The number of benzene rings is 2. The normalized spacial score (nSPS) is 14.1. The Morgan fingerprint density at radius 2 is 1.75 bits per heavy atom. The van der Waals surface area contributed by atoms with Crippen LogP contribution in [0.25, 0.3) is 5.57 Å². The number of hydrogen-bond acceptors (Lipinski definition) is 4. The van der Waals surface area contributed by atoms with Gasteiger partial charge in [0.1, 0.15) is 11.4 Å². The van der Waals surface area contributed by atoms with Crippen molar-refractivity contribution in [3.63, 3.8) is 0 Å². The van der Waals surface area contributed by atoms with Crippen LogP contribution in [0.5, 0.6) is 5.75 Å². The summed E-state index contributed by atoms with van der Waals surface area (Å²) < 4.78 is 5.47. The fraction of sp³-hybridized carbons (Fsp3) is 0.273. The molecule has 28 heavy (non-hydrogen) atoms. The first-order valence-corrected chi connectivity index (χ1v) is 9.71. The SMILES string of the molecule is CCCN1C(=O)C(Nc2ccc(Cl)cc2C)=C(c2ccc(OCC)cc2)C1=O.